The fraction of sp³-hybridized carbons (Fsp3) is 0.800. The average molecular weight is 100 g/mol. The van der Waals surface area contributed by atoms with Crippen molar-refractivity contribution in [1.82, 2.24) is 0 Å². The number of rotatable bonds is 3. The lowest BCUT2D eigenvalue weighted by Crippen LogP contribution is -2.03. The van der Waals surface area contributed by atoms with Gasteiger partial charge in [0.15, 0.2) is 0 Å². The standard InChI is InChI=1S/C5H10NO/c1-5(2)7-4-3-6/h5-6H,4H2,1-2H3. The first kappa shape index (κ1) is 6.63. The third kappa shape index (κ3) is 5.63. The number of ether oxygens (including phenoxy) is 1. The molecule has 0 amide bonds. The van der Waals surface area contributed by atoms with Gasteiger partial charge in [-0.05, 0) is 13.8 Å². The number of nitrogens with one attached hydrogen (secondary N) is 1. The highest BCUT2D eigenvalue weighted by molar-refractivity contribution is 5.54. The van der Waals surface area contributed by atoms with Crippen molar-refractivity contribution in [2.75, 3.05) is 6.61 Å². The van der Waals surface area contributed by atoms with E-state index in [4.69, 9.17) is 10.1 Å². The van der Waals surface area contributed by atoms with Crippen LogP contribution in [0.25, 0.3) is 0 Å². The third-order valence-electron chi connectivity index (χ3n) is 0.489. The Labute approximate surface area is 44.0 Å². The summed E-state index contributed by atoms with van der Waals surface area (Å²) in [7, 11) is 0. The van der Waals surface area contributed by atoms with Crippen LogP contribution in [0.4, 0.5) is 0 Å². The molecule has 0 aliphatic carbocycles. The van der Waals surface area contributed by atoms with Crippen LogP contribution in [0.1, 0.15) is 13.8 Å². The maximum Gasteiger partial charge on any atom is 0.0903 e. The first-order chi connectivity index (χ1) is 3.27. The molecule has 0 aromatic rings. The van der Waals surface area contributed by atoms with Crippen molar-refractivity contribution in [3.05, 3.63) is 0 Å². The van der Waals surface area contributed by atoms with Crippen LogP contribution in [-0.4, -0.2) is 18.9 Å². The average Bonchev–Trinajstić information content (AvgIpc) is 1.61. The molecule has 0 unspecified atom stereocenters. The second-order valence-corrected chi connectivity index (χ2v) is 1.54. The van der Waals surface area contributed by atoms with E-state index in [1.165, 1.54) is 0 Å². The summed E-state index contributed by atoms with van der Waals surface area (Å²) in [5, 5.41) is 6.42. The molecule has 0 saturated carbocycles. The molecule has 0 atom stereocenters. The monoisotopic (exact) mass is 100 g/mol. The highest BCUT2D eigenvalue weighted by Crippen LogP contribution is 1.82. The van der Waals surface area contributed by atoms with Gasteiger partial charge in [-0.25, -0.2) is 0 Å². The molecule has 41 valence electrons. The van der Waals surface area contributed by atoms with E-state index < -0.39 is 0 Å². The van der Waals surface area contributed by atoms with Crippen LogP contribution in [0, 0.1) is 5.41 Å². The highest BCUT2D eigenvalue weighted by Gasteiger charge is 1.86. The van der Waals surface area contributed by atoms with Crippen molar-refractivity contribution >= 4 is 6.21 Å². The molecule has 2 nitrogen and oxygen atoms in total. The lowest BCUT2D eigenvalue weighted by molar-refractivity contribution is 0.112. The van der Waals surface area contributed by atoms with Gasteiger partial charge in [-0.1, -0.05) is 0 Å². The Morgan fingerprint density at radius 2 is 2.29 bits per heavy atom. The van der Waals surface area contributed by atoms with Gasteiger partial charge in [0.05, 0.1) is 18.9 Å². The molecule has 0 aliphatic rings. The molecule has 7 heavy (non-hydrogen) atoms. The van der Waals surface area contributed by atoms with Gasteiger partial charge in [-0.15, -0.1) is 0 Å². The second-order valence-electron chi connectivity index (χ2n) is 1.54. The Kier molecular flexibility index (Phi) is 3.61. The smallest absolute Gasteiger partial charge is 0.0903 e. The summed E-state index contributed by atoms with van der Waals surface area (Å²) in [6.07, 6.45) is 2.35. The minimum absolute atomic E-state index is 0.220. The van der Waals surface area contributed by atoms with Gasteiger partial charge in [0.25, 0.3) is 0 Å². The SMILES string of the molecule is CC(C)OC[C]=N. The van der Waals surface area contributed by atoms with Gasteiger partial charge >= 0.3 is 0 Å². The van der Waals surface area contributed by atoms with Crippen molar-refractivity contribution in [3.63, 3.8) is 0 Å². The molecular weight excluding hydrogens is 90.1 g/mol. The Balaban J connectivity index is 2.81. The Morgan fingerprint density at radius 3 is 2.43 bits per heavy atom. The fourth-order valence-electron chi connectivity index (χ4n) is 0.208. The van der Waals surface area contributed by atoms with E-state index in [0.29, 0.717) is 6.61 Å². The van der Waals surface area contributed by atoms with Gasteiger partial charge in [0, 0.05) is 0 Å². The van der Waals surface area contributed by atoms with Crippen molar-refractivity contribution < 1.29 is 4.74 Å². The topological polar surface area (TPSA) is 33.1 Å². The Morgan fingerprint density at radius 1 is 1.71 bits per heavy atom. The lowest BCUT2D eigenvalue weighted by atomic mass is 10.5. The number of hydrogen-bond donors (Lipinski definition) is 1. The summed E-state index contributed by atoms with van der Waals surface area (Å²) >= 11 is 0. The van der Waals surface area contributed by atoms with Gasteiger partial charge in [0.1, 0.15) is 0 Å². The van der Waals surface area contributed by atoms with Gasteiger partial charge < -0.3 is 10.1 Å². The first-order valence-electron chi connectivity index (χ1n) is 2.28. The van der Waals surface area contributed by atoms with Crippen LogP contribution >= 0.6 is 0 Å². The Bertz CT molecular complexity index is 52.0. The highest BCUT2D eigenvalue weighted by atomic mass is 16.5. The third-order valence-corrected chi connectivity index (χ3v) is 0.489. The predicted octanol–water partition coefficient (Wildman–Crippen LogP) is 0.938. The molecule has 0 aromatic carbocycles. The van der Waals surface area contributed by atoms with Crippen LogP contribution < -0.4 is 0 Å². The quantitative estimate of drug-likeness (QED) is 0.526. The molecule has 0 bridgehead atoms. The predicted molar refractivity (Wildman–Crippen MR) is 28.8 cm³/mol. The van der Waals surface area contributed by atoms with E-state index in [2.05, 4.69) is 6.21 Å². The molecule has 2 heteroatoms. The zero-order valence-electron chi connectivity index (χ0n) is 4.69. The molecule has 0 fully saturated rings. The van der Waals surface area contributed by atoms with Crippen LogP contribution in [0.2, 0.25) is 0 Å². The molecule has 0 aliphatic heterocycles. The maximum absolute atomic E-state index is 6.42. The molecule has 0 saturated heterocycles. The summed E-state index contributed by atoms with van der Waals surface area (Å²) in [6.45, 7) is 4.17. The lowest BCUT2D eigenvalue weighted by Gasteiger charge is -2.00. The summed E-state index contributed by atoms with van der Waals surface area (Å²) in [4.78, 5) is 0. The van der Waals surface area contributed by atoms with Crippen molar-refractivity contribution in [2.45, 2.75) is 20.0 Å². The summed E-state index contributed by atoms with van der Waals surface area (Å²) in [6, 6.07) is 0. The fourth-order valence-corrected chi connectivity index (χ4v) is 0.208. The van der Waals surface area contributed by atoms with Gasteiger partial charge in [-0.3, -0.25) is 0 Å². The van der Waals surface area contributed by atoms with Crippen LogP contribution in [0.3, 0.4) is 0 Å². The van der Waals surface area contributed by atoms with E-state index >= 15 is 0 Å². The summed E-state index contributed by atoms with van der Waals surface area (Å²) in [5.74, 6) is 0. The van der Waals surface area contributed by atoms with E-state index in [1.54, 1.807) is 0 Å². The normalized spacial score (nSPS) is 9.57. The van der Waals surface area contributed by atoms with Crippen LogP contribution in [-0.2, 0) is 4.74 Å². The van der Waals surface area contributed by atoms with Gasteiger partial charge in [0.2, 0.25) is 0 Å². The maximum atomic E-state index is 6.42. The zero-order chi connectivity index (χ0) is 5.70. The molecule has 1 radical (unpaired) electrons. The molecule has 1 N–H and O–H groups in total. The van der Waals surface area contributed by atoms with E-state index in [0.717, 1.165) is 0 Å². The van der Waals surface area contributed by atoms with E-state index in [9.17, 15) is 0 Å². The van der Waals surface area contributed by atoms with Gasteiger partial charge in [-0.2, -0.15) is 0 Å². The second kappa shape index (κ2) is 3.81. The molecule has 0 spiro atoms. The molecular formula is C5H10NO. The zero-order valence-corrected chi connectivity index (χ0v) is 4.69. The summed E-state index contributed by atoms with van der Waals surface area (Å²) < 4.78 is 4.89. The van der Waals surface area contributed by atoms with Crippen molar-refractivity contribution in [1.29, 1.82) is 5.41 Å². The summed E-state index contributed by atoms with van der Waals surface area (Å²) in [5.41, 5.74) is 0. The molecule has 0 rings (SSSR count). The minimum atomic E-state index is 0.220. The minimum Gasteiger partial charge on any atom is -0.372 e. The van der Waals surface area contributed by atoms with Crippen LogP contribution in [0.5, 0.6) is 0 Å². The van der Waals surface area contributed by atoms with E-state index in [1.807, 2.05) is 13.8 Å². The Hall–Kier alpha value is -0.370. The molecule has 0 aromatic heterocycles. The number of hydrogen-bond acceptors (Lipinski definition) is 2. The first-order valence-corrected chi connectivity index (χ1v) is 2.28. The van der Waals surface area contributed by atoms with E-state index in [-0.39, 0.29) is 6.10 Å². The molecule has 0 heterocycles. The largest absolute Gasteiger partial charge is 0.372 e. The van der Waals surface area contributed by atoms with Crippen molar-refractivity contribution in [3.8, 4) is 0 Å². The van der Waals surface area contributed by atoms with Crippen LogP contribution in [0.15, 0.2) is 0 Å². The van der Waals surface area contributed by atoms with Crippen molar-refractivity contribution in [2.24, 2.45) is 0 Å².